The molecule has 0 bridgehead atoms. The first-order valence-corrected chi connectivity index (χ1v) is 9.18. The van der Waals surface area contributed by atoms with E-state index in [9.17, 15) is 9.59 Å². The molecule has 3 rings (SSSR count). The van der Waals surface area contributed by atoms with Crippen LogP contribution < -0.4 is 15.6 Å². The Kier molecular flexibility index (Phi) is 6.25. The third kappa shape index (κ3) is 5.44. The van der Waals surface area contributed by atoms with Gasteiger partial charge >= 0.3 is 0 Å². The molecule has 2 N–H and O–H groups in total. The van der Waals surface area contributed by atoms with Crippen LogP contribution in [-0.4, -0.2) is 31.1 Å². The van der Waals surface area contributed by atoms with Crippen molar-refractivity contribution in [1.29, 1.82) is 0 Å². The lowest BCUT2D eigenvalue weighted by atomic mass is 10.2. The number of hydrogen-bond acceptors (Lipinski definition) is 5. The summed E-state index contributed by atoms with van der Waals surface area (Å²) in [5, 5.41) is 6.60. The van der Waals surface area contributed by atoms with Gasteiger partial charge in [0.15, 0.2) is 5.88 Å². The molecule has 142 valence electrons. The summed E-state index contributed by atoms with van der Waals surface area (Å²) in [6.07, 6.45) is 6.37. The normalized spacial score (nSPS) is 14.8. The summed E-state index contributed by atoms with van der Waals surface area (Å²) in [5.41, 5.74) is 3.44. The molecule has 1 aliphatic rings. The van der Waals surface area contributed by atoms with Crippen LogP contribution in [-0.2, 0) is 4.79 Å². The maximum Gasteiger partial charge on any atom is 0.271 e. The fraction of sp³-hybridized carbons (Fsp3) is 0.350. The summed E-state index contributed by atoms with van der Waals surface area (Å²) in [6, 6.07) is 10.4. The van der Waals surface area contributed by atoms with Gasteiger partial charge in [-0.25, -0.2) is 5.43 Å². The lowest BCUT2D eigenvalue weighted by molar-refractivity contribution is -0.114. The van der Waals surface area contributed by atoms with E-state index in [1.54, 1.807) is 24.3 Å². The average molecular weight is 368 g/mol. The van der Waals surface area contributed by atoms with E-state index in [1.807, 2.05) is 12.1 Å². The Morgan fingerprint density at radius 2 is 1.89 bits per heavy atom. The first kappa shape index (κ1) is 18.7. The fourth-order valence-corrected chi connectivity index (χ4v) is 3.03. The molecular formula is C20H24N4O3. The Bertz CT molecular complexity index is 820. The van der Waals surface area contributed by atoms with Crippen LogP contribution in [0.15, 0.2) is 45.9 Å². The Hall–Kier alpha value is -3.09. The molecule has 0 radical (unpaired) electrons. The molecule has 7 nitrogen and oxygen atoms in total. The number of anilines is 2. The van der Waals surface area contributed by atoms with Crippen molar-refractivity contribution in [2.75, 3.05) is 23.3 Å². The highest BCUT2D eigenvalue weighted by molar-refractivity contribution is 5.97. The number of rotatable bonds is 5. The van der Waals surface area contributed by atoms with Crippen molar-refractivity contribution in [1.82, 2.24) is 5.43 Å². The van der Waals surface area contributed by atoms with Gasteiger partial charge in [-0.1, -0.05) is 18.9 Å². The summed E-state index contributed by atoms with van der Waals surface area (Å²) < 4.78 is 5.81. The van der Waals surface area contributed by atoms with Crippen molar-refractivity contribution >= 4 is 29.6 Å². The first-order chi connectivity index (χ1) is 13.1. The summed E-state index contributed by atoms with van der Waals surface area (Å²) in [5.74, 6) is 0.871. The van der Waals surface area contributed by atoms with Crippen LogP contribution in [0.25, 0.3) is 0 Å². The fourth-order valence-electron chi connectivity index (χ4n) is 3.03. The van der Waals surface area contributed by atoms with Gasteiger partial charge in [0.1, 0.15) is 5.76 Å². The van der Waals surface area contributed by atoms with E-state index in [-0.39, 0.29) is 11.8 Å². The summed E-state index contributed by atoms with van der Waals surface area (Å²) in [6.45, 7) is 3.43. The molecule has 0 spiro atoms. The number of carbonyl (C=O) groups is 2. The Labute approximate surface area is 158 Å². The van der Waals surface area contributed by atoms with Gasteiger partial charge in [-0.3, -0.25) is 9.59 Å². The number of amides is 2. The molecule has 2 heterocycles. The smallest absolute Gasteiger partial charge is 0.271 e. The van der Waals surface area contributed by atoms with Gasteiger partial charge in [0.25, 0.3) is 5.91 Å². The zero-order valence-corrected chi connectivity index (χ0v) is 15.4. The highest BCUT2D eigenvalue weighted by Crippen LogP contribution is 2.21. The van der Waals surface area contributed by atoms with E-state index < -0.39 is 0 Å². The van der Waals surface area contributed by atoms with Crippen LogP contribution in [0.1, 0.15) is 48.7 Å². The van der Waals surface area contributed by atoms with Crippen LogP contribution in [0.2, 0.25) is 0 Å². The minimum atomic E-state index is -0.363. The van der Waals surface area contributed by atoms with Crippen LogP contribution in [0.4, 0.5) is 11.6 Å². The minimum Gasteiger partial charge on any atom is -0.440 e. The molecule has 1 aromatic heterocycles. The van der Waals surface area contributed by atoms with Crippen molar-refractivity contribution in [2.45, 2.75) is 32.6 Å². The molecule has 1 fully saturated rings. The van der Waals surface area contributed by atoms with Gasteiger partial charge in [0.2, 0.25) is 5.91 Å². The summed E-state index contributed by atoms with van der Waals surface area (Å²) >= 11 is 0. The number of nitrogens with zero attached hydrogens (tertiary/aromatic N) is 2. The molecular weight excluding hydrogens is 344 g/mol. The number of benzene rings is 1. The largest absolute Gasteiger partial charge is 0.440 e. The van der Waals surface area contributed by atoms with E-state index in [1.165, 1.54) is 38.8 Å². The van der Waals surface area contributed by atoms with Gasteiger partial charge in [-0.05, 0) is 37.1 Å². The van der Waals surface area contributed by atoms with Gasteiger partial charge in [0, 0.05) is 37.3 Å². The van der Waals surface area contributed by atoms with Gasteiger partial charge in [-0.2, -0.15) is 5.10 Å². The van der Waals surface area contributed by atoms with Crippen LogP contribution in [0.3, 0.4) is 0 Å². The quantitative estimate of drug-likeness (QED) is 0.626. The molecule has 0 saturated carbocycles. The molecule has 1 saturated heterocycles. The second kappa shape index (κ2) is 9.02. The highest BCUT2D eigenvalue weighted by atomic mass is 16.4. The zero-order chi connectivity index (χ0) is 19.1. The van der Waals surface area contributed by atoms with E-state index >= 15 is 0 Å². The predicted molar refractivity (Wildman–Crippen MR) is 105 cm³/mol. The molecule has 1 aliphatic heterocycles. The Morgan fingerprint density at radius 3 is 2.63 bits per heavy atom. The monoisotopic (exact) mass is 368 g/mol. The van der Waals surface area contributed by atoms with Crippen LogP contribution >= 0.6 is 0 Å². The third-order valence-corrected chi connectivity index (χ3v) is 4.33. The second-order valence-electron chi connectivity index (χ2n) is 6.54. The lowest BCUT2D eigenvalue weighted by Crippen LogP contribution is -2.23. The van der Waals surface area contributed by atoms with Gasteiger partial charge in [-0.15, -0.1) is 0 Å². The molecule has 1 aromatic carbocycles. The maximum atomic E-state index is 12.2. The van der Waals surface area contributed by atoms with Crippen molar-refractivity contribution in [3.05, 3.63) is 47.7 Å². The third-order valence-electron chi connectivity index (χ3n) is 4.33. The van der Waals surface area contributed by atoms with E-state index in [2.05, 4.69) is 20.7 Å². The van der Waals surface area contributed by atoms with Crippen molar-refractivity contribution < 1.29 is 14.0 Å². The molecule has 0 aliphatic carbocycles. The predicted octanol–water partition coefficient (Wildman–Crippen LogP) is 3.38. The highest BCUT2D eigenvalue weighted by Gasteiger charge is 2.13. The maximum absolute atomic E-state index is 12.2. The van der Waals surface area contributed by atoms with Crippen molar-refractivity contribution in [3.63, 3.8) is 0 Å². The second-order valence-corrected chi connectivity index (χ2v) is 6.54. The SMILES string of the molecule is CC(=O)Nc1cccc(C(=O)N/N=C\c2ccc(N3CCCCCC3)o2)c1. The Morgan fingerprint density at radius 1 is 1.11 bits per heavy atom. The summed E-state index contributed by atoms with van der Waals surface area (Å²) in [7, 11) is 0. The van der Waals surface area contributed by atoms with Gasteiger partial charge in [0.05, 0.1) is 6.21 Å². The van der Waals surface area contributed by atoms with E-state index in [0.717, 1.165) is 19.0 Å². The van der Waals surface area contributed by atoms with Gasteiger partial charge < -0.3 is 14.6 Å². The molecule has 7 heteroatoms. The van der Waals surface area contributed by atoms with E-state index in [4.69, 9.17) is 4.42 Å². The molecule has 2 amide bonds. The molecule has 27 heavy (non-hydrogen) atoms. The molecule has 2 aromatic rings. The standard InChI is InChI=1S/C20H24N4O3/c1-15(25)22-17-8-6-7-16(13-17)20(26)23-21-14-18-9-10-19(27-18)24-11-4-2-3-5-12-24/h6-10,13-14H,2-5,11-12H2,1H3,(H,22,25)(H,23,26)/b21-14-. The molecule has 0 unspecified atom stereocenters. The number of hydrogen-bond donors (Lipinski definition) is 2. The summed E-state index contributed by atoms with van der Waals surface area (Å²) in [4.78, 5) is 25.5. The van der Waals surface area contributed by atoms with Crippen LogP contribution in [0.5, 0.6) is 0 Å². The molecule has 0 atom stereocenters. The topological polar surface area (TPSA) is 86.9 Å². The lowest BCUT2D eigenvalue weighted by Gasteiger charge is -2.18. The average Bonchev–Trinajstić information content (AvgIpc) is 2.94. The van der Waals surface area contributed by atoms with Crippen molar-refractivity contribution in [3.8, 4) is 0 Å². The first-order valence-electron chi connectivity index (χ1n) is 9.18. The van der Waals surface area contributed by atoms with Crippen molar-refractivity contribution in [2.24, 2.45) is 5.10 Å². The zero-order valence-electron chi connectivity index (χ0n) is 15.4. The number of nitrogens with one attached hydrogen (secondary N) is 2. The Balaban J connectivity index is 1.57. The minimum absolute atomic E-state index is 0.191. The van der Waals surface area contributed by atoms with Crippen LogP contribution in [0, 0.1) is 0 Å². The van der Waals surface area contributed by atoms with E-state index in [0.29, 0.717) is 17.0 Å². The number of furan rings is 1. The number of carbonyl (C=O) groups excluding carboxylic acids is 2. The number of hydrazone groups is 1.